The van der Waals surface area contributed by atoms with E-state index in [4.69, 9.17) is 21.1 Å². The lowest BCUT2D eigenvalue weighted by Crippen LogP contribution is -2.48. The van der Waals surface area contributed by atoms with Gasteiger partial charge in [0.05, 0.1) is 16.9 Å². The molecule has 2 N–H and O–H groups in total. The predicted molar refractivity (Wildman–Crippen MR) is 134 cm³/mol. The molecule has 2 aromatic heterocycles. The molecule has 0 spiro atoms. The number of aryl methyl sites for hydroxylation is 1. The highest BCUT2D eigenvalue weighted by molar-refractivity contribution is 6.29. The van der Waals surface area contributed by atoms with Crippen LogP contribution < -0.4 is 15.5 Å². The van der Waals surface area contributed by atoms with Gasteiger partial charge in [-0.15, -0.1) is 10.2 Å². The molecule has 2 heterocycles. The number of carbonyl (C=O) groups is 2. The summed E-state index contributed by atoms with van der Waals surface area (Å²) in [6.07, 6.45) is -2.08. The molecule has 0 unspecified atom stereocenters. The minimum absolute atomic E-state index is 0.0160. The van der Waals surface area contributed by atoms with Gasteiger partial charge < -0.3 is 14.8 Å². The number of amides is 2. The second kappa shape index (κ2) is 12.0. The fraction of sp³-hybridized carbons (Fsp3) is 0.391. The van der Waals surface area contributed by atoms with Gasteiger partial charge >= 0.3 is 6.09 Å². The summed E-state index contributed by atoms with van der Waals surface area (Å²) in [6.45, 7) is 5.90. The monoisotopic (exact) mass is 552 g/mol. The lowest BCUT2D eigenvalue weighted by molar-refractivity contribution is 0.0145. The molecule has 12 nitrogen and oxygen atoms in total. The third-order valence-electron chi connectivity index (χ3n) is 4.62. The number of anilines is 2. The van der Waals surface area contributed by atoms with Crippen molar-refractivity contribution in [2.75, 3.05) is 18.5 Å². The molecule has 3 rings (SSSR count). The van der Waals surface area contributed by atoms with E-state index < -0.39 is 30.6 Å². The minimum Gasteiger partial charge on any atom is -0.485 e. The molecule has 3 aromatic rings. The summed E-state index contributed by atoms with van der Waals surface area (Å²) in [5, 5.41) is 15.7. The van der Waals surface area contributed by atoms with Crippen LogP contribution in [0.3, 0.4) is 0 Å². The van der Waals surface area contributed by atoms with Gasteiger partial charge in [0.15, 0.2) is 22.4 Å². The minimum atomic E-state index is -2.75. The van der Waals surface area contributed by atoms with Crippen molar-refractivity contribution in [3.8, 4) is 17.1 Å². The van der Waals surface area contributed by atoms with Crippen LogP contribution in [-0.4, -0.2) is 67.1 Å². The molecule has 0 bridgehead atoms. The molecule has 0 saturated heterocycles. The number of halogens is 3. The molecule has 0 atom stereocenters. The van der Waals surface area contributed by atoms with E-state index in [1.807, 2.05) is 0 Å². The number of ether oxygens (including phenoxy) is 2. The first-order valence-electron chi connectivity index (χ1n) is 11.4. The van der Waals surface area contributed by atoms with Crippen LogP contribution in [-0.2, 0) is 11.8 Å². The molecular weight excluding hydrogens is 526 g/mol. The van der Waals surface area contributed by atoms with E-state index in [0.717, 1.165) is 5.01 Å². The van der Waals surface area contributed by atoms with Crippen molar-refractivity contribution in [1.82, 2.24) is 35.4 Å². The number of carbonyl (C=O) groups excluding carboxylic acids is 2. The van der Waals surface area contributed by atoms with Crippen molar-refractivity contribution in [3.05, 3.63) is 41.4 Å². The highest BCUT2D eigenvalue weighted by Crippen LogP contribution is 2.37. The fourth-order valence-electron chi connectivity index (χ4n) is 3.10. The zero-order chi connectivity index (χ0) is 28.0. The smallest absolute Gasteiger partial charge is 0.429 e. The maximum absolute atomic E-state index is 13.1. The molecule has 2 amide bonds. The standard InChI is InChI=1S/C23H27ClF2N8O4/c1-6-34(22(36)38-23(2,3)4)32-21(35)18-15(10-16(24)29-30-18)28-14-9-7-8-13(19(14)37-11-17(25)26)20-27-12-33(5)31-20/h7-10,12,17H,6,11H2,1-5H3,(H,28,29)(H,32,35). The summed E-state index contributed by atoms with van der Waals surface area (Å²) in [4.78, 5) is 29.7. The summed E-state index contributed by atoms with van der Waals surface area (Å²) in [5.41, 5.74) is 2.00. The number of aromatic nitrogens is 5. The van der Waals surface area contributed by atoms with Gasteiger partial charge in [-0.25, -0.2) is 23.6 Å². The van der Waals surface area contributed by atoms with Crippen LogP contribution in [0, 0.1) is 0 Å². The molecule has 0 aliphatic carbocycles. The number of alkyl halides is 2. The maximum atomic E-state index is 13.1. The van der Waals surface area contributed by atoms with Gasteiger partial charge in [-0.1, -0.05) is 17.7 Å². The third-order valence-corrected chi connectivity index (χ3v) is 4.81. The van der Waals surface area contributed by atoms with Gasteiger partial charge in [0, 0.05) is 19.7 Å². The van der Waals surface area contributed by atoms with Crippen molar-refractivity contribution < 1.29 is 27.8 Å². The first-order valence-corrected chi connectivity index (χ1v) is 11.8. The summed E-state index contributed by atoms with van der Waals surface area (Å²) >= 11 is 6.03. The summed E-state index contributed by atoms with van der Waals surface area (Å²) in [5.74, 6) is -0.551. The number of para-hydroxylation sites is 1. The third kappa shape index (κ3) is 7.47. The van der Waals surface area contributed by atoms with Gasteiger partial charge in [0.25, 0.3) is 12.3 Å². The first kappa shape index (κ1) is 28.5. The molecule has 204 valence electrons. The Morgan fingerprint density at radius 1 is 1.21 bits per heavy atom. The summed E-state index contributed by atoms with van der Waals surface area (Å²) < 4.78 is 38.3. The number of nitrogens with one attached hydrogen (secondary N) is 2. The Bertz CT molecular complexity index is 1300. The first-order chi connectivity index (χ1) is 17.9. The Labute approximate surface area is 222 Å². The Balaban J connectivity index is 1.97. The number of hydrogen-bond acceptors (Lipinski definition) is 9. The Hall–Kier alpha value is -4.07. The zero-order valence-electron chi connectivity index (χ0n) is 21.3. The second-order valence-electron chi connectivity index (χ2n) is 8.85. The number of benzene rings is 1. The van der Waals surface area contributed by atoms with Crippen molar-refractivity contribution in [2.45, 2.75) is 39.7 Å². The number of hydrogen-bond donors (Lipinski definition) is 2. The molecule has 15 heteroatoms. The Morgan fingerprint density at radius 3 is 2.55 bits per heavy atom. The van der Waals surface area contributed by atoms with Crippen LogP contribution in [0.5, 0.6) is 5.75 Å². The summed E-state index contributed by atoms with van der Waals surface area (Å²) in [7, 11) is 1.66. The fourth-order valence-corrected chi connectivity index (χ4v) is 3.25. The van der Waals surface area contributed by atoms with Gasteiger partial charge in [-0.05, 0) is 39.8 Å². The van der Waals surface area contributed by atoms with E-state index in [-0.39, 0.29) is 40.3 Å². The topological polar surface area (TPSA) is 136 Å². The number of rotatable bonds is 8. The lowest BCUT2D eigenvalue weighted by atomic mass is 10.1. The number of hydrazine groups is 1. The van der Waals surface area contributed by atoms with Crippen LogP contribution in [0.2, 0.25) is 5.15 Å². The van der Waals surface area contributed by atoms with E-state index in [2.05, 4.69) is 31.0 Å². The largest absolute Gasteiger partial charge is 0.485 e. The average molecular weight is 553 g/mol. The van der Waals surface area contributed by atoms with Crippen LogP contribution in [0.1, 0.15) is 38.2 Å². The van der Waals surface area contributed by atoms with Crippen molar-refractivity contribution >= 4 is 35.0 Å². The predicted octanol–water partition coefficient (Wildman–Crippen LogP) is 4.21. The van der Waals surface area contributed by atoms with Crippen LogP contribution in [0.4, 0.5) is 25.0 Å². The highest BCUT2D eigenvalue weighted by Gasteiger charge is 2.26. The Morgan fingerprint density at radius 2 is 1.95 bits per heavy atom. The molecule has 0 fully saturated rings. The molecule has 0 aliphatic heterocycles. The Kier molecular flexibility index (Phi) is 8.99. The van der Waals surface area contributed by atoms with Gasteiger partial charge in [0.2, 0.25) is 0 Å². The van der Waals surface area contributed by atoms with Gasteiger partial charge in [-0.2, -0.15) is 5.10 Å². The SMILES string of the molecule is CCN(NC(=O)c1nnc(Cl)cc1Nc1cccc(-c2ncn(C)n2)c1OCC(F)F)C(=O)OC(C)(C)C. The average Bonchev–Trinajstić information content (AvgIpc) is 3.26. The van der Waals surface area contributed by atoms with Gasteiger partial charge in [0.1, 0.15) is 18.5 Å². The van der Waals surface area contributed by atoms with E-state index in [1.165, 1.54) is 17.1 Å². The second-order valence-corrected chi connectivity index (χ2v) is 9.23. The normalized spacial score (nSPS) is 11.3. The maximum Gasteiger partial charge on any atom is 0.429 e. The summed E-state index contributed by atoms with van der Waals surface area (Å²) in [6, 6.07) is 6.09. The molecule has 0 aliphatic rings. The van der Waals surface area contributed by atoms with E-state index in [0.29, 0.717) is 5.56 Å². The van der Waals surface area contributed by atoms with E-state index in [9.17, 15) is 18.4 Å². The van der Waals surface area contributed by atoms with Crippen molar-refractivity contribution in [2.24, 2.45) is 7.05 Å². The zero-order valence-corrected chi connectivity index (χ0v) is 22.1. The van der Waals surface area contributed by atoms with Crippen LogP contribution >= 0.6 is 11.6 Å². The van der Waals surface area contributed by atoms with E-state index >= 15 is 0 Å². The number of nitrogens with zero attached hydrogens (tertiary/aromatic N) is 6. The highest BCUT2D eigenvalue weighted by atomic mass is 35.5. The van der Waals surface area contributed by atoms with E-state index in [1.54, 1.807) is 52.9 Å². The lowest BCUT2D eigenvalue weighted by Gasteiger charge is -2.26. The molecular formula is C23H27ClF2N8O4. The molecule has 0 saturated carbocycles. The van der Waals surface area contributed by atoms with Crippen molar-refractivity contribution in [3.63, 3.8) is 0 Å². The molecule has 0 radical (unpaired) electrons. The van der Waals surface area contributed by atoms with Crippen molar-refractivity contribution in [1.29, 1.82) is 0 Å². The quantitative estimate of drug-likeness (QED) is 0.394. The molecule has 1 aromatic carbocycles. The van der Waals surface area contributed by atoms with Crippen LogP contribution in [0.15, 0.2) is 30.6 Å². The van der Waals surface area contributed by atoms with Gasteiger partial charge in [-0.3, -0.25) is 14.9 Å². The van der Waals surface area contributed by atoms with Crippen LogP contribution in [0.25, 0.3) is 11.4 Å². The molecule has 38 heavy (non-hydrogen) atoms.